The van der Waals surface area contributed by atoms with Gasteiger partial charge in [0.2, 0.25) is 5.91 Å². The lowest BCUT2D eigenvalue weighted by Gasteiger charge is -2.38. The minimum absolute atomic E-state index is 0.000801. The number of carbonyl (C=O) groups excluding carboxylic acids is 1. The SMILES string of the molecule is CNC(=O)C1CCCCN1C(C)Cc1ccc(O)cc1. The predicted octanol–water partition coefficient (Wildman–Crippen LogP) is 1.92. The number of phenolic OH excluding ortho intramolecular Hbond substituents is 1. The summed E-state index contributed by atoms with van der Waals surface area (Å²) in [6, 6.07) is 7.65. The molecule has 4 heteroatoms. The smallest absolute Gasteiger partial charge is 0.237 e. The molecule has 0 bridgehead atoms. The molecule has 0 saturated carbocycles. The Labute approximate surface area is 120 Å². The highest BCUT2D eigenvalue weighted by Gasteiger charge is 2.31. The van der Waals surface area contributed by atoms with Gasteiger partial charge in [0.05, 0.1) is 6.04 Å². The molecule has 1 saturated heterocycles. The van der Waals surface area contributed by atoms with E-state index in [1.165, 1.54) is 5.56 Å². The topological polar surface area (TPSA) is 52.6 Å². The molecule has 110 valence electrons. The van der Waals surface area contributed by atoms with Crippen LogP contribution in [0.3, 0.4) is 0 Å². The van der Waals surface area contributed by atoms with Crippen molar-refractivity contribution in [1.29, 1.82) is 0 Å². The number of likely N-dealkylation sites (N-methyl/N-ethyl adjacent to an activating group) is 1. The average molecular weight is 276 g/mol. The highest BCUT2D eigenvalue weighted by atomic mass is 16.3. The minimum atomic E-state index is 0.000801. The van der Waals surface area contributed by atoms with Crippen LogP contribution in [0, 0.1) is 0 Å². The standard InChI is InChI=1S/C16H24N2O2/c1-12(11-13-6-8-14(19)9-7-13)18-10-4-3-5-15(18)16(20)17-2/h6-9,12,15,19H,3-5,10-11H2,1-2H3,(H,17,20). The summed E-state index contributed by atoms with van der Waals surface area (Å²) in [6.45, 7) is 3.16. The first-order chi connectivity index (χ1) is 9.61. The van der Waals surface area contributed by atoms with Gasteiger partial charge in [0.15, 0.2) is 0 Å². The molecule has 20 heavy (non-hydrogen) atoms. The molecule has 1 aliphatic rings. The monoisotopic (exact) mass is 276 g/mol. The third-order valence-electron chi connectivity index (χ3n) is 4.13. The molecule has 1 heterocycles. The Morgan fingerprint density at radius 3 is 2.75 bits per heavy atom. The van der Waals surface area contributed by atoms with Crippen LogP contribution in [0.25, 0.3) is 0 Å². The largest absolute Gasteiger partial charge is 0.508 e. The Hall–Kier alpha value is -1.55. The number of piperidine rings is 1. The Balaban J connectivity index is 2.03. The summed E-state index contributed by atoms with van der Waals surface area (Å²) in [5, 5.41) is 12.1. The summed E-state index contributed by atoms with van der Waals surface area (Å²) in [7, 11) is 1.71. The van der Waals surface area contributed by atoms with Gasteiger partial charge in [-0.3, -0.25) is 9.69 Å². The van der Waals surface area contributed by atoms with Crippen molar-refractivity contribution < 1.29 is 9.90 Å². The maximum atomic E-state index is 12.0. The highest BCUT2D eigenvalue weighted by Crippen LogP contribution is 2.22. The van der Waals surface area contributed by atoms with Gasteiger partial charge >= 0.3 is 0 Å². The van der Waals surface area contributed by atoms with E-state index in [4.69, 9.17) is 0 Å². The molecule has 0 aromatic heterocycles. The second kappa shape index (κ2) is 6.75. The van der Waals surface area contributed by atoms with E-state index in [0.29, 0.717) is 11.8 Å². The van der Waals surface area contributed by atoms with E-state index in [2.05, 4.69) is 17.1 Å². The fourth-order valence-corrected chi connectivity index (χ4v) is 3.02. The Morgan fingerprint density at radius 2 is 2.10 bits per heavy atom. The number of hydrogen-bond acceptors (Lipinski definition) is 3. The molecule has 2 N–H and O–H groups in total. The quantitative estimate of drug-likeness (QED) is 0.883. The number of amides is 1. The van der Waals surface area contributed by atoms with Crippen molar-refractivity contribution in [2.24, 2.45) is 0 Å². The Kier molecular flexibility index (Phi) is 5.01. The van der Waals surface area contributed by atoms with E-state index < -0.39 is 0 Å². The van der Waals surface area contributed by atoms with Gasteiger partial charge in [-0.15, -0.1) is 0 Å². The Morgan fingerprint density at radius 1 is 1.40 bits per heavy atom. The molecule has 4 nitrogen and oxygen atoms in total. The lowest BCUT2D eigenvalue weighted by Crippen LogP contribution is -2.52. The molecule has 0 spiro atoms. The summed E-state index contributed by atoms with van der Waals surface area (Å²) < 4.78 is 0. The molecule has 1 aromatic rings. The van der Waals surface area contributed by atoms with Crippen LogP contribution in [0.2, 0.25) is 0 Å². The van der Waals surface area contributed by atoms with Crippen LogP contribution in [-0.2, 0) is 11.2 Å². The molecule has 1 fully saturated rings. The van der Waals surface area contributed by atoms with Gasteiger partial charge < -0.3 is 10.4 Å². The first-order valence-corrected chi connectivity index (χ1v) is 7.37. The predicted molar refractivity (Wildman–Crippen MR) is 79.7 cm³/mol. The summed E-state index contributed by atoms with van der Waals surface area (Å²) in [5.74, 6) is 0.421. The maximum Gasteiger partial charge on any atom is 0.237 e. The van der Waals surface area contributed by atoms with Crippen molar-refractivity contribution in [3.8, 4) is 5.75 Å². The fraction of sp³-hybridized carbons (Fsp3) is 0.562. The van der Waals surface area contributed by atoms with Crippen molar-refractivity contribution in [2.45, 2.75) is 44.7 Å². The van der Waals surface area contributed by atoms with E-state index in [0.717, 1.165) is 32.2 Å². The van der Waals surface area contributed by atoms with Gasteiger partial charge in [-0.25, -0.2) is 0 Å². The lowest BCUT2D eigenvalue weighted by molar-refractivity contribution is -0.128. The van der Waals surface area contributed by atoms with Crippen LogP contribution in [0.1, 0.15) is 31.7 Å². The van der Waals surface area contributed by atoms with E-state index in [-0.39, 0.29) is 11.9 Å². The first-order valence-electron chi connectivity index (χ1n) is 7.37. The molecule has 2 rings (SSSR count). The number of nitrogens with one attached hydrogen (secondary N) is 1. The number of carbonyl (C=O) groups is 1. The van der Waals surface area contributed by atoms with Gasteiger partial charge in [-0.2, -0.15) is 0 Å². The molecule has 1 amide bonds. The number of benzene rings is 1. The van der Waals surface area contributed by atoms with Gasteiger partial charge in [0.1, 0.15) is 5.75 Å². The van der Waals surface area contributed by atoms with E-state index in [9.17, 15) is 9.90 Å². The minimum Gasteiger partial charge on any atom is -0.508 e. The number of nitrogens with zero attached hydrogens (tertiary/aromatic N) is 1. The third-order valence-corrected chi connectivity index (χ3v) is 4.13. The molecule has 1 aliphatic heterocycles. The van der Waals surface area contributed by atoms with Crippen LogP contribution < -0.4 is 5.32 Å². The molecule has 2 unspecified atom stereocenters. The summed E-state index contributed by atoms with van der Waals surface area (Å²) >= 11 is 0. The van der Waals surface area contributed by atoms with E-state index in [1.807, 2.05) is 12.1 Å². The van der Waals surface area contributed by atoms with Gasteiger partial charge in [-0.05, 0) is 50.4 Å². The van der Waals surface area contributed by atoms with Gasteiger partial charge in [0.25, 0.3) is 0 Å². The van der Waals surface area contributed by atoms with Gasteiger partial charge in [0, 0.05) is 13.1 Å². The van der Waals surface area contributed by atoms with Crippen molar-refractivity contribution in [3.63, 3.8) is 0 Å². The zero-order valence-electron chi connectivity index (χ0n) is 12.3. The second-order valence-corrected chi connectivity index (χ2v) is 5.58. The summed E-state index contributed by atoms with van der Waals surface area (Å²) in [5.41, 5.74) is 1.19. The number of aromatic hydroxyl groups is 1. The second-order valence-electron chi connectivity index (χ2n) is 5.58. The van der Waals surface area contributed by atoms with Crippen LogP contribution in [0.5, 0.6) is 5.75 Å². The molecule has 1 aromatic carbocycles. The first kappa shape index (κ1) is 14.9. The summed E-state index contributed by atoms with van der Waals surface area (Å²) in [6.07, 6.45) is 4.13. The Bertz CT molecular complexity index is 444. The van der Waals surface area contributed by atoms with Crippen molar-refractivity contribution in [1.82, 2.24) is 10.2 Å². The van der Waals surface area contributed by atoms with Crippen LogP contribution >= 0.6 is 0 Å². The number of phenols is 1. The molecular weight excluding hydrogens is 252 g/mol. The molecule has 0 radical (unpaired) electrons. The normalized spacial score (nSPS) is 21.4. The zero-order valence-corrected chi connectivity index (χ0v) is 12.3. The number of rotatable bonds is 4. The lowest BCUT2D eigenvalue weighted by atomic mass is 9.96. The molecule has 0 aliphatic carbocycles. The molecule has 2 atom stereocenters. The molecular formula is C16H24N2O2. The van der Waals surface area contributed by atoms with Crippen molar-refractivity contribution in [3.05, 3.63) is 29.8 Å². The zero-order chi connectivity index (χ0) is 14.5. The average Bonchev–Trinajstić information content (AvgIpc) is 2.48. The number of likely N-dealkylation sites (tertiary alicyclic amines) is 1. The number of hydrogen-bond donors (Lipinski definition) is 2. The maximum absolute atomic E-state index is 12.0. The van der Waals surface area contributed by atoms with E-state index >= 15 is 0 Å². The van der Waals surface area contributed by atoms with Crippen LogP contribution in [0.15, 0.2) is 24.3 Å². The third kappa shape index (κ3) is 3.51. The highest BCUT2D eigenvalue weighted by molar-refractivity contribution is 5.81. The van der Waals surface area contributed by atoms with Crippen LogP contribution in [-0.4, -0.2) is 41.6 Å². The van der Waals surface area contributed by atoms with Crippen molar-refractivity contribution >= 4 is 5.91 Å². The van der Waals surface area contributed by atoms with E-state index in [1.54, 1.807) is 19.2 Å². The van der Waals surface area contributed by atoms with Crippen molar-refractivity contribution in [2.75, 3.05) is 13.6 Å². The summed E-state index contributed by atoms with van der Waals surface area (Å²) in [4.78, 5) is 14.3. The van der Waals surface area contributed by atoms with Gasteiger partial charge in [-0.1, -0.05) is 18.6 Å². The van der Waals surface area contributed by atoms with Crippen LogP contribution in [0.4, 0.5) is 0 Å². The fourth-order valence-electron chi connectivity index (χ4n) is 3.02.